The molecule has 3 aromatic carbocycles. The van der Waals surface area contributed by atoms with E-state index in [4.69, 9.17) is 11.6 Å². The van der Waals surface area contributed by atoms with Crippen molar-refractivity contribution in [1.29, 1.82) is 0 Å². The molecule has 0 saturated heterocycles. The molecule has 0 spiro atoms. The van der Waals surface area contributed by atoms with Crippen molar-refractivity contribution in [1.82, 2.24) is 19.4 Å². The summed E-state index contributed by atoms with van der Waals surface area (Å²) >= 11 is 9.57. The Morgan fingerprint density at radius 1 is 1.03 bits per heavy atom. The first-order chi connectivity index (χ1) is 18.7. The molecule has 0 aliphatic carbocycles. The van der Waals surface area contributed by atoms with E-state index in [0.717, 1.165) is 10.0 Å². The van der Waals surface area contributed by atoms with E-state index in [-0.39, 0.29) is 24.4 Å². The van der Waals surface area contributed by atoms with Gasteiger partial charge in [0.25, 0.3) is 11.5 Å². The van der Waals surface area contributed by atoms with Gasteiger partial charge >= 0.3 is 5.97 Å². The molecule has 4 rings (SSSR count). The molecule has 0 aliphatic heterocycles. The number of carboxylic acid groups (broad SMARTS) is 1. The van der Waals surface area contributed by atoms with Gasteiger partial charge in [0.1, 0.15) is 5.82 Å². The van der Waals surface area contributed by atoms with Crippen molar-refractivity contribution >= 4 is 50.3 Å². The molecule has 8 nitrogen and oxygen atoms in total. The molecule has 1 amide bonds. The monoisotopic (exact) mass is 610 g/mol. The van der Waals surface area contributed by atoms with E-state index in [9.17, 15) is 19.5 Å². The van der Waals surface area contributed by atoms with Crippen molar-refractivity contribution in [2.45, 2.75) is 19.0 Å². The Morgan fingerprint density at radius 2 is 1.72 bits per heavy atom. The molecule has 1 aromatic heterocycles. The lowest BCUT2D eigenvalue weighted by Crippen LogP contribution is -2.43. The van der Waals surface area contributed by atoms with E-state index in [1.807, 2.05) is 49.3 Å². The zero-order valence-electron chi connectivity index (χ0n) is 21.6. The summed E-state index contributed by atoms with van der Waals surface area (Å²) in [7, 11) is 3.81. The molecular weight excluding hydrogens is 584 g/mol. The fourth-order valence-corrected chi connectivity index (χ4v) is 4.82. The maximum Gasteiger partial charge on any atom is 0.334 e. The first kappa shape index (κ1) is 28.5. The molecule has 39 heavy (non-hydrogen) atoms. The highest BCUT2D eigenvalue weighted by Gasteiger charge is 2.36. The van der Waals surface area contributed by atoms with Crippen LogP contribution < -0.4 is 5.56 Å². The molecule has 1 unspecified atom stereocenters. The predicted molar refractivity (Wildman–Crippen MR) is 155 cm³/mol. The lowest BCUT2D eigenvalue weighted by molar-refractivity contribution is -0.143. The highest BCUT2D eigenvalue weighted by atomic mass is 79.9. The van der Waals surface area contributed by atoms with Crippen LogP contribution in [0.3, 0.4) is 0 Å². The number of carbonyl (C=O) groups excluding carboxylic acids is 1. The fraction of sp³-hybridized carbons (Fsp3) is 0.241. The summed E-state index contributed by atoms with van der Waals surface area (Å²) in [5.74, 6) is -1.80. The molecule has 0 aliphatic rings. The van der Waals surface area contributed by atoms with E-state index in [1.54, 1.807) is 36.4 Å². The number of hydrogen-bond donors (Lipinski definition) is 1. The van der Waals surface area contributed by atoms with Gasteiger partial charge in [-0.1, -0.05) is 57.9 Å². The Hall–Kier alpha value is -3.53. The minimum absolute atomic E-state index is 0.0403. The highest BCUT2D eigenvalue weighted by Crippen LogP contribution is 2.26. The quantitative estimate of drug-likeness (QED) is 0.269. The van der Waals surface area contributed by atoms with Gasteiger partial charge in [-0.15, -0.1) is 0 Å². The second-order valence-corrected chi connectivity index (χ2v) is 10.8. The summed E-state index contributed by atoms with van der Waals surface area (Å²) in [5.41, 5.74) is 0.974. The molecule has 10 heteroatoms. The number of aliphatic carboxylic acids is 1. The van der Waals surface area contributed by atoms with Crippen LogP contribution >= 0.6 is 27.5 Å². The van der Waals surface area contributed by atoms with Crippen LogP contribution in [-0.2, 0) is 11.3 Å². The smallest absolute Gasteiger partial charge is 0.334 e. The normalized spacial score (nSPS) is 12.0. The highest BCUT2D eigenvalue weighted by molar-refractivity contribution is 9.10. The number of fused-ring (bicyclic) bond motifs is 1. The van der Waals surface area contributed by atoms with Crippen LogP contribution in [-0.4, -0.2) is 63.5 Å². The van der Waals surface area contributed by atoms with Gasteiger partial charge in [-0.2, -0.15) is 0 Å². The van der Waals surface area contributed by atoms with Crippen LogP contribution in [0.15, 0.2) is 82.1 Å². The average Bonchev–Trinajstić information content (AvgIpc) is 2.90. The largest absolute Gasteiger partial charge is 0.479 e. The number of rotatable bonds is 10. The Labute approximate surface area is 239 Å². The lowest BCUT2D eigenvalue weighted by Gasteiger charge is -2.31. The predicted octanol–water partition coefficient (Wildman–Crippen LogP) is 5.08. The van der Waals surface area contributed by atoms with E-state index in [1.165, 1.54) is 15.5 Å². The fourth-order valence-electron chi connectivity index (χ4n) is 4.39. The van der Waals surface area contributed by atoms with Crippen LogP contribution in [0.4, 0.5) is 0 Å². The van der Waals surface area contributed by atoms with Crippen LogP contribution in [0.1, 0.15) is 34.2 Å². The summed E-state index contributed by atoms with van der Waals surface area (Å²) in [5, 5.41) is 11.2. The Kier molecular flexibility index (Phi) is 9.16. The number of amides is 1. The SMILES string of the molecule is CN(C)CCCN(C(=O)c1ccc(Br)cc1)C(C(=O)O)c1nc2cc(Cl)ccc2c(=O)n1Cc1ccccc1. The topological polar surface area (TPSA) is 95.7 Å². The van der Waals surface area contributed by atoms with E-state index in [2.05, 4.69) is 20.9 Å². The average molecular weight is 612 g/mol. The second kappa shape index (κ2) is 12.5. The number of hydrogen-bond acceptors (Lipinski definition) is 5. The maximum atomic E-state index is 13.8. The van der Waals surface area contributed by atoms with Gasteiger partial charge in [0.15, 0.2) is 6.04 Å². The Morgan fingerprint density at radius 3 is 2.36 bits per heavy atom. The van der Waals surface area contributed by atoms with Gasteiger partial charge in [-0.25, -0.2) is 9.78 Å². The van der Waals surface area contributed by atoms with Crippen LogP contribution in [0, 0.1) is 0 Å². The molecule has 202 valence electrons. The summed E-state index contributed by atoms with van der Waals surface area (Å²) in [4.78, 5) is 48.4. The third kappa shape index (κ3) is 6.73. The van der Waals surface area contributed by atoms with Crippen molar-refractivity contribution in [3.63, 3.8) is 0 Å². The third-order valence-corrected chi connectivity index (χ3v) is 7.04. The standard InChI is InChI=1S/C29H28BrClN4O4/c1-33(2)15-6-16-34(27(36)20-9-11-21(30)12-10-20)25(29(38)39)26-32-24-17-22(31)13-14-23(24)28(37)35(26)18-19-7-4-3-5-8-19/h3-5,7-14,17,25H,6,15-16,18H2,1-2H3,(H,38,39). The van der Waals surface area contributed by atoms with E-state index < -0.39 is 23.5 Å². The van der Waals surface area contributed by atoms with Gasteiger partial charge in [0.2, 0.25) is 0 Å². The van der Waals surface area contributed by atoms with Gasteiger partial charge in [-0.3, -0.25) is 14.2 Å². The van der Waals surface area contributed by atoms with Crippen molar-refractivity contribution < 1.29 is 14.7 Å². The second-order valence-electron chi connectivity index (χ2n) is 9.41. The van der Waals surface area contributed by atoms with Crippen LogP contribution in [0.5, 0.6) is 0 Å². The first-order valence-corrected chi connectivity index (χ1v) is 13.5. The minimum atomic E-state index is -1.52. The molecule has 0 radical (unpaired) electrons. The van der Waals surface area contributed by atoms with Gasteiger partial charge in [0, 0.05) is 21.6 Å². The molecular formula is C29H28BrClN4O4. The number of benzene rings is 3. The van der Waals surface area contributed by atoms with E-state index in [0.29, 0.717) is 28.9 Å². The molecule has 0 fully saturated rings. The summed E-state index contributed by atoms with van der Waals surface area (Å²) in [6.07, 6.45) is 0.515. The molecule has 1 heterocycles. The lowest BCUT2D eigenvalue weighted by atomic mass is 10.1. The maximum absolute atomic E-state index is 13.8. The Balaban J connectivity index is 1.92. The van der Waals surface area contributed by atoms with Crippen LogP contribution in [0.2, 0.25) is 5.02 Å². The number of nitrogens with zero attached hydrogens (tertiary/aromatic N) is 4. The van der Waals surface area contributed by atoms with Gasteiger partial charge < -0.3 is 14.9 Å². The van der Waals surface area contributed by atoms with E-state index >= 15 is 0 Å². The number of halogens is 2. The summed E-state index contributed by atoms with van der Waals surface area (Å²) < 4.78 is 2.14. The number of carbonyl (C=O) groups is 2. The number of carboxylic acids is 1. The zero-order chi connectivity index (χ0) is 28.1. The molecule has 0 bridgehead atoms. The van der Waals surface area contributed by atoms with Gasteiger partial charge in [0.05, 0.1) is 17.4 Å². The number of aromatic nitrogens is 2. The molecule has 0 saturated carbocycles. The van der Waals surface area contributed by atoms with Crippen LogP contribution in [0.25, 0.3) is 10.9 Å². The van der Waals surface area contributed by atoms with Crippen molar-refractivity contribution in [3.05, 3.63) is 110 Å². The third-order valence-electron chi connectivity index (χ3n) is 6.28. The van der Waals surface area contributed by atoms with Gasteiger partial charge in [-0.05, 0) is 75.1 Å². The van der Waals surface area contributed by atoms with Crippen molar-refractivity contribution in [2.24, 2.45) is 0 Å². The van der Waals surface area contributed by atoms with Crippen molar-refractivity contribution in [3.8, 4) is 0 Å². The summed E-state index contributed by atoms with van der Waals surface area (Å²) in [6, 6.07) is 19.1. The zero-order valence-corrected chi connectivity index (χ0v) is 23.9. The Bertz CT molecular complexity index is 1540. The molecule has 1 atom stereocenters. The van der Waals surface area contributed by atoms with Crippen molar-refractivity contribution in [2.75, 3.05) is 27.2 Å². The minimum Gasteiger partial charge on any atom is -0.479 e. The molecule has 4 aromatic rings. The molecule has 1 N–H and O–H groups in total. The first-order valence-electron chi connectivity index (χ1n) is 12.3. The summed E-state index contributed by atoms with van der Waals surface area (Å²) in [6.45, 7) is 0.856.